The zero-order valence-electron chi connectivity index (χ0n) is 17.5. The number of nitrogens with zero attached hydrogens (tertiary/aromatic N) is 5. The fourth-order valence-corrected chi connectivity index (χ4v) is 4.57. The molecule has 0 aliphatic heterocycles. The van der Waals surface area contributed by atoms with Crippen molar-refractivity contribution in [2.45, 2.75) is 13.0 Å². The highest BCUT2D eigenvalue weighted by Crippen LogP contribution is 2.28. The van der Waals surface area contributed by atoms with Gasteiger partial charge in [-0.15, -0.1) is 0 Å². The number of hydrogen-bond acceptors (Lipinski definition) is 5. The van der Waals surface area contributed by atoms with E-state index < -0.39 is 4.92 Å². The average molecular weight is 511 g/mol. The van der Waals surface area contributed by atoms with E-state index in [1.807, 2.05) is 45.5 Å². The molecule has 34 heavy (non-hydrogen) atoms. The Labute approximate surface area is 208 Å². The van der Waals surface area contributed by atoms with Crippen LogP contribution < -0.4 is 0 Å². The summed E-state index contributed by atoms with van der Waals surface area (Å²) in [5.41, 5.74) is 2.91. The summed E-state index contributed by atoms with van der Waals surface area (Å²) in [6, 6.07) is 19.5. The lowest BCUT2D eigenvalue weighted by Gasteiger charge is -2.12. The van der Waals surface area contributed by atoms with E-state index in [0.29, 0.717) is 43.9 Å². The number of imidazole rings is 1. The second kappa shape index (κ2) is 9.02. The number of aromatic nitrogens is 5. The molecule has 5 rings (SSSR count). The largest absolute Gasteiger partial charge is 0.320 e. The third kappa shape index (κ3) is 4.21. The molecule has 0 saturated heterocycles. The second-order valence-electron chi connectivity index (χ2n) is 7.57. The molecular formula is C23H16Cl2N6O2S. The molecule has 11 heteroatoms. The molecule has 1 N–H and O–H groups in total. The Morgan fingerprint density at radius 1 is 1.03 bits per heavy atom. The molecule has 0 aliphatic carbocycles. The highest BCUT2D eigenvalue weighted by molar-refractivity contribution is 7.71. The van der Waals surface area contributed by atoms with Crippen molar-refractivity contribution in [1.82, 2.24) is 24.3 Å². The highest BCUT2D eigenvalue weighted by Gasteiger charge is 2.19. The molecule has 2 aromatic heterocycles. The van der Waals surface area contributed by atoms with Crippen LogP contribution in [0.2, 0.25) is 10.0 Å². The molecular weight excluding hydrogens is 495 g/mol. The maximum Gasteiger partial charge on any atom is 0.271 e. The van der Waals surface area contributed by atoms with Gasteiger partial charge in [0.05, 0.1) is 22.5 Å². The molecule has 0 radical (unpaired) electrons. The van der Waals surface area contributed by atoms with Crippen LogP contribution in [0, 0.1) is 14.9 Å². The van der Waals surface area contributed by atoms with Gasteiger partial charge in [-0.3, -0.25) is 19.8 Å². The van der Waals surface area contributed by atoms with E-state index in [4.69, 9.17) is 40.4 Å². The van der Waals surface area contributed by atoms with Crippen LogP contribution in [0.25, 0.3) is 16.7 Å². The number of rotatable bonds is 6. The first-order valence-corrected chi connectivity index (χ1v) is 11.4. The van der Waals surface area contributed by atoms with Crippen molar-refractivity contribution in [3.05, 3.63) is 109 Å². The number of halogens is 2. The van der Waals surface area contributed by atoms with Crippen molar-refractivity contribution in [3.8, 4) is 5.69 Å². The van der Waals surface area contributed by atoms with Crippen LogP contribution >= 0.6 is 35.4 Å². The van der Waals surface area contributed by atoms with Crippen LogP contribution in [0.4, 0.5) is 5.69 Å². The molecule has 0 bridgehead atoms. The van der Waals surface area contributed by atoms with Gasteiger partial charge in [0.1, 0.15) is 5.82 Å². The fraction of sp³-hybridized carbons (Fsp3) is 0.0870. The minimum atomic E-state index is -0.424. The van der Waals surface area contributed by atoms with Crippen LogP contribution in [0.3, 0.4) is 0 Å². The van der Waals surface area contributed by atoms with E-state index in [9.17, 15) is 10.1 Å². The van der Waals surface area contributed by atoms with Gasteiger partial charge < -0.3 is 4.57 Å². The number of aromatic amines is 1. The molecule has 2 heterocycles. The second-order valence-corrected chi connectivity index (χ2v) is 8.80. The molecule has 5 aromatic rings. The molecule has 0 atom stereocenters. The van der Waals surface area contributed by atoms with Crippen LogP contribution in [-0.2, 0) is 13.0 Å². The van der Waals surface area contributed by atoms with Gasteiger partial charge >= 0.3 is 0 Å². The topological polar surface area (TPSA) is 94.6 Å². The van der Waals surface area contributed by atoms with E-state index in [-0.39, 0.29) is 12.2 Å². The molecule has 0 aliphatic rings. The van der Waals surface area contributed by atoms with Gasteiger partial charge in [0, 0.05) is 34.3 Å². The van der Waals surface area contributed by atoms with Crippen molar-refractivity contribution in [1.29, 1.82) is 0 Å². The monoisotopic (exact) mass is 510 g/mol. The Morgan fingerprint density at radius 2 is 1.82 bits per heavy atom. The maximum atomic E-state index is 11.4. The summed E-state index contributed by atoms with van der Waals surface area (Å²) in [6.45, 7) is 0.278. The Kier molecular flexibility index (Phi) is 5.91. The molecule has 0 saturated carbocycles. The number of nitrogens with one attached hydrogen (secondary N) is 1. The summed E-state index contributed by atoms with van der Waals surface area (Å²) in [5.74, 6) is 1.30. The van der Waals surface area contributed by atoms with Gasteiger partial charge in [0.2, 0.25) is 0 Å². The van der Waals surface area contributed by atoms with Crippen LogP contribution in [-0.4, -0.2) is 29.2 Å². The average Bonchev–Trinajstić information content (AvgIpc) is 3.35. The molecule has 8 nitrogen and oxygen atoms in total. The smallest absolute Gasteiger partial charge is 0.271 e. The van der Waals surface area contributed by atoms with Gasteiger partial charge in [-0.05, 0) is 48.1 Å². The van der Waals surface area contributed by atoms with Crippen molar-refractivity contribution in [2.75, 3.05) is 0 Å². The summed E-state index contributed by atoms with van der Waals surface area (Å²) in [5, 5.41) is 19.8. The maximum absolute atomic E-state index is 11.4. The number of H-pyrrole nitrogens is 1. The van der Waals surface area contributed by atoms with Crippen molar-refractivity contribution in [2.24, 2.45) is 0 Å². The lowest BCUT2D eigenvalue weighted by Crippen LogP contribution is -2.11. The first kappa shape index (κ1) is 22.3. The minimum Gasteiger partial charge on any atom is -0.320 e. The number of fused-ring (bicyclic) bond motifs is 1. The Bertz CT molecular complexity index is 1590. The molecule has 0 spiro atoms. The van der Waals surface area contributed by atoms with Crippen molar-refractivity contribution in [3.63, 3.8) is 0 Å². The normalized spacial score (nSPS) is 11.2. The van der Waals surface area contributed by atoms with E-state index in [2.05, 4.69) is 10.2 Å². The summed E-state index contributed by atoms with van der Waals surface area (Å²) >= 11 is 17.9. The van der Waals surface area contributed by atoms with E-state index in [1.165, 1.54) is 12.1 Å². The molecule has 0 fully saturated rings. The summed E-state index contributed by atoms with van der Waals surface area (Å²) < 4.78 is 4.17. The predicted octanol–water partition coefficient (Wildman–Crippen LogP) is 6.13. The number of para-hydroxylation sites is 1. The van der Waals surface area contributed by atoms with Gasteiger partial charge in [-0.1, -0.05) is 47.5 Å². The molecule has 170 valence electrons. The van der Waals surface area contributed by atoms with E-state index >= 15 is 0 Å². The Morgan fingerprint density at radius 3 is 2.56 bits per heavy atom. The zero-order valence-corrected chi connectivity index (χ0v) is 19.8. The lowest BCUT2D eigenvalue weighted by molar-refractivity contribution is -0.384. The Hall–Kier alpha value is -3.53. The summed E-state index contributed by atoms with van der Waals surface area (Å²) in [7, 11) is 0. The quantitative estimate of drug-likeness (QED) is 0.168. The molecule has 0 amide bonds. The van der Waals surface area contributed by atoms with Gasteiger partial charge in [-0.2, -0.15) is 5.10 Å². The third-order valence-electron chi connectivity index (χ3n) is 5.44. The highest BCUT2D eigenvalue weighted by atomic mass is 35.5. The molecule has 0 unspecified atom stereocenters. The fourth-order valence-electron chi connectivity index (χ4n) is 3.84. The van der Waals surface area contributed by atoms with Gasteiger partial charge in [0.25, 0.3) is 5.69 Å². The third-order valence-corrected chi connectivity index (χ3v) is 6.30. The molecule has 3 aromatic carbocycles. The van der Waals surface area contributed by atoms with Crippen molar-refractivity contribution >= 4 is 52.1 Å². The minimum absolute atomic E-state index is 0.0216. The number of non-ortho nitro benzene ring substituents is 1. The van der Waals surface area contributed by atoms with Crippen LogP contribution in [0.15, 0.2) is 66.7 Å². The number of nitro benzene ring substituents is 1. The number of nitro groups is 1. The van der Waals surface area contributed by atoms with Crippen LogP contribution in [0.1, 0.15) is 17.2 Å². The van der Waals surface area contributed by atoms with E-state index in [1.54, 1.807) is 18.2 Å². The number of benzene rings is 3. The van der Waals surface area contributed by atoms with E-state index in [0.717, 1.165) is 11.3 Å². The van der Waals surface area contributed by atoms with Crippen molar-refractivity contribution < 1.29 is 4.92 Å². The predicted molar refractivity (Wildman–Crippen MR) is 134 cm³/mol. The van der Waals surface area contributed by atoms with Crippen LogP contribution in [0.5, 0.6) is 0 Å². The SMILES string of the molecule is O=[N+]([O-])c1ccc2nc(Cc3ccc(Cl)cc3Cl)n(Cc3n[nH]c(=S)n3-c3ccccc3)c2c1. The van der Waals surface area contributed by atoms with Gasteiger partial charge in [0.15, 0.2) is 10.6 Å². The summed E-state index contributed by atoms with van der Waals surface area (Å²) in [4.78, 5) is 15.8. The lowest BCUT2D eigenvalue weighted by atomic mass is 10.1. The number of hydrogen-bond donors (Lipinski definition) is 1. The summed E-state index contributed by atoms with van der Waals surface area (Å²) in [6.07, 6.45) is 0.398. The first-order valence-electron chi connectivity index (χ1n) is 10.2. The zero-order chi connectivity index (χ0) is 23.8. The Balaban J connectivity index is 1.66. The van der Waals surface area contributed by atoms with Gasteiger partial charge in [-0.25, -0.2) is 4.98 Å². The first-order chi connectivity index (χ1) is 16.4. The standard InChI is InChI=1S/C23H16Cl2N6O2S/c24-15-7-6-14(18(25)11-15)10-21-26-19-9-8-17(31(32)33)12-20(19)29(21)13-22-27-28-23(34)30(22)16-4-2-1-3-5-16/h1-9,11-12H,10,13H2,(H,28,34).